The zero-order chi connectivity index (χ0) is 25.0. The normalized spacial score (nSPS) is 14.2. The van der Waals surface area contributed by atoms with Crippen LogP contribution >= 0.6 is 0 Å². The summed E-state index contributed by atoms with van der Waals surface area (Å²) in [5, 5.41) is 9.69. The number of hydrogen-bond donors (Lipinski definition) is 1. The van der Waals surface area contributed by atoms with Crippen molar-refractivity contribution in [2.24, 2.45) is 10.9 Å². The molecule has 1 rings (SSSR count). The Labute approximate surface area is 199 Å². The maximum absolute atomic E-state index is 13.1. The predicted octanol–water partition coefficient (Wildman–Crippen LogP) is 5.23. The molecule has 0 radical (unpaired) electrons. The van der Waals surface area contributed by atoms with Crippen LogP contribution in [0.4, 0.5) is 0 Å². The molecule has 2 unspecified atom stereocenters. The summed E-state index contributed by atoms with van der Waals surface area (Å²) in [7, 11) is 1.69. The summed E-state index contributed by atoms with van der Waals surface area (Å²) in [5.41, 5.74) is 3.36. The molecule has 1 aromatic heterocycles. The van der Waals surface area contributed by atoms with E-state index in [1.165, 1.54) is 4.90 Å². The molecule has 33 heavy (non-hydrogen) atoms. The molecule has 0 aliphatic carbocycles. The minimum Gasteiger partial charge on any atom is -0.478 e. The van der Waals surface area contributed by atoms with E-state index in [-0.39, 0.29) is 24.5 Å². The number of aromatic nitrogens is 1. The molecule has 1 N–H and O–H groups in total. The molecule has 0 aromatic carbocycles. The Bertz CT molecular complexity index is 915. The molecule has 1 aromatic rings. The van der Waals surface area contributed by atoms with Gasteiger partial charge in [-0.05, 0) is 49.5 Å². The number of aliphatic hydroxyl groups is 1. The molecule has 0 aliphatic heterocycles. The molecule has 2 atom stereocenters. The first-order chi connectivity index (χ1) is 15.7. The van der Waals surface area contributed by atoms with E-state index >= 15 is 0 Å². The van der Waals surface area contributed by atoms with Crippen LogP contribution in [-0.2, 0) is 4.79 Å². The van der Waals surface area contributed by atoms with Gasteiger partial charge >= 0.3 is 0 Å². The molecule has 0 saturated heterocycles. The van der Waals surface area contributed by atoms with E-state index < -0.39 is 0 Å². The second-order valence-electron chi connectivity index (χ2n) is 7.80. The van der Waals surface area contributed by atoms with E-state index in [1.54, 1.807) is 37.5 Å². The van der Waals surface area contributed by atoms with Crippen LogP contribution < -0.4 is 4.74 Å². The van der Waals surface area contributed by atoms with E-state index in [0.717, 1.165) is 23.3 Å². The van der Waals surface area contributed by atoms with Crippen LogP contribution in [0, 0.1) is 5.92 Å². The van der Waals surface area contributed by atoms with Crippen LogP contribution in [-0.4, -0.2) is 52.9 Å². The fraction of sp³-hybridized carbons (Fsp3) is 0.444. The van der Waals surface area contributed by atoms with Gasteiger partial charge in [0.25, 0.3) is 5.91 Å². The van der Waals surface area contributed by atoms with Crippen molar-refractivity contribution < 1.29 is 14.6 Å². The molecule has 0 aliphatic rings. The summed E-state index contributed by atoms with van der Waals surface area (Å²) < 4.78 is 5.46. The van der Waals surface area contributed by atoms with Crippen molar-refractivity contribution in [3.63, 3.8) is 0 Å². The maximum Gasteiger partial charge on any atom is 0.258 e. The molecule has 6 nitrogen and oxygen atoms in total. The minimum absolute atomic E-state index is 0.00555. The van der Waals surface area contributed by atoms with Gasteiger partial charge < -0.3 is 14.7 Å². The number of aliphatic imine (C=N–C) groups is 1. The standard InChI is InChI=1S/C27H39N3O3/c1-9-19(5)25(18-31)29-24(11-3)20(6)13-14-21(7)30(8)27(32)23(10-2)22-15-16-28-26(17-22)33-12-4/h10,13-17,19,25,31H,6-7,9,11-12,18H2,1-5,8H3/b14-13-,23-10-,29-24?. The lowest BCUT2D eigenvalue weighted by molar-refractivity contribution is -0.122. The average molecular weight is 454 g/mol. The van der Waals surface area contributed by atoms with E-state index in [9.17, 15) is 9.90 Å². The number of amides is 1. The largest absolute Gasteiger partial charge is 0.478 e. The van der Waals surface area contributed by atoms with Gasteiger partial charge in [0, 0.05) is 36.3 Å². The van der Waals surface area contributed by atoms with Crippen molar-refractivity contribution in [2.45, 2.75) is 53.5 Å². The number of allylic oxidation sites excluding steroid dienone is 4. The van der Waals surface area contributed by atoms with E-state index in [1.807, 2.05) is 26.8 Å². The van der Waals surface area contributed by atoms with Crippen LogP contribution in [0.1, 0.15) is 53.0 Å². The number of nitrogens with zero attached hydrogens (tertiary/aromatic N) is 3. The number of hydrogen-bond acceptors (Lipinski definition) is 5. The quantitative estimate of drug-likeness (QED) is 0.252. The number of carbonyl (C=O) groups is 1. The van der Waals surface area contributed by atoms with Crippen molar-refractivity contribution in [3.8, 4) is 5.88 Å². The number of carbonyl (C=O) groups excluding carboxylic acids is 1. The SMILES string of the molecule is C=C(/C=C\C(=C)N(C)C(=O)/C(=C\C)c1ccnc(OCC)c1)C(CC)=NC(CO)C(C)CC. The monoisotopic (exact) mass is 453 g/mol. The molecule has 6 heteroatoms. The Morgan fingerprint density at radius 3 is 2.55 bits per heavy atom. The molecular formula is C27H39N3O3. The third-order valence-electron chi connectivity index (χ3n) is 5.58. The summed E-state index contributed by atoms with van der Waals surface area (Å²) in [6.07, 6.45) is 8.60. The Morgan fingerprint density at radius 2 is 2.00 bits per heavy atom. The van der Waals surface area contributed by atoms with Gasteiger partial charge in [0.15, 0.2) is 0 Å². The number of ether oxygens (including phenoxy) is 1. The topological polar surface area (TPSA) is 75.0 Å². The minimum atomic E-state index is -0.187. The van der Waals surface area contributed by atoms with Gasteiger partial charge in [-0.1, -0.05) is 52.5 Å². The lowest BCUT2D eigenvalue weighted by atomic mass is 9.99. The number of aliphatic hydroxyl groups excluding tert-OH is 1. The Morgan fingerprint density at radius 1 is 1.30 bits per heavy atom. The summed E-state index contributed by atoms with van der Waals surface area (Å²) in [4.78, 5) is 23.5. The van der Waals surface area contributed by atoms with Crippen molar-refractivity contribution in [1.29, 1.82) is 0 Å². The van der Waals surface area contributed by atoms with Crippen LogP contribution in [0.3, 0.4) is 0 Å². The Hall–Kier alpha value is -2.99. The second kappa shape index (κ2) is 14.2. The van der Waals surface area contributed by atoms with Gasteiger partial charge in [0.05, 0.1) is 19.3 Å². The molecule has 0 fully saturated rings. The highest BCUT2D eigenvalue weighted by Crippen LogP contribution is 2.22. The molecule has 1 amide bonds. The van der Waals surface area contributed by atoms with Crippen molar-refractivity contribution in [2.75, 3.05) is 20.3 Å². The molecule has 0 spiro atoms. The van der Waals surface area contributed by atoms with Crippen LogP contribution in [0.2, 0.25) is 0 Å². The lowest BCUT2D eigenvalue weighted by Crippen LogP contribution is -2.26. The van der Waals surface area contributed by atoms with E-state index in [0.29, 0.717) is 30.2 Å². The number of pyridine rings is 1. The smallest absolute Gasteiger partial charge is 0.258 e. The maximum atomic E-state index is 13.1. The summed E-state index contributed by atoms with van der Waals surface area (Å²) in [6.45, 7) is 18.6. The van der Waals surface area contributed by atoms with Crippen LogP contribution in [0.15, 0.2) is 66.0 Å². The number of likely N-dealkylation sites (N-methyl/N-ethyl adjacent to an activating group) is 1. The van der Waals surface area contributed by atoms with Crippen LogP contribution in [0.5, 0.6) is 5.88 Å². The van der Waals surface area contributed by atoms with Gasteiger partial charge in [0.1, 0.15) is 0 Å². The first-order valence-electron chi connectivity index (χ1n) is 11.5. The third-order valence-corrected chi connectivity index (χ3v) is 5.58. The molecule has 0 bridgehead atoms. The molecule has 1 heterocycles. The summed E-state index contributed by atoms with van der Waals surface area (Å²) in [5.74, 6) is 0.570. The Balaban J connectivity index is 2.99. The van der Waals surface area contributed by atoms with E-state index in [4.69, 9.17) is 9.73 Å². The Kier molecular flexibility index (Phi) is 12.1. The van der Waals surface area contributed by atoms with Gasteiger partial charge in [-0.3, -0.25) is 9.79 Å². The van der Waals surface area contributed by atoms with E-state index in [2.05, 4.69) is 32.0 Å². The predicted molar refractivity (Wildman–Crippen MR) is 137 cm³/mol. The fourth-order valence-corrected chi connectivity index (χ4v) is 3.15. The zero-order valence-electron chi connectivity index (χ0n) is 21.0. The summed E-state index contributed by atoms with van der Waals surface area (Å²) in [6, 6.07) is 3.38. The highest BCUT2D eigenvalue weighted by Gasteiger charge is 2.18. The average Bonchev–Trinajstić information content (AvgIpc) is 2.83. The lowest BCUT2D eigenvalue weighted by Gasteiger charge is -2.20. The van der Waals surface area contributed by atoms with Crippen molar-refractivity contribution in [1.82, 2.24) is 9.88 Å². The molecule has 180 valence electrons. The summed E-state index contributed by atoms with van der Waals surface area (Å²) >= 11 is 0. The van der Waals surface area contributed by atoms with Gasteiger partial charge in [-0.15, -0.1) is 0 Å². The number of rotatable bonds is 13. The van der Waals surface area contributed by atoms with Gasteiger partial charge in [-0.25, -0.2) is 4.98 Å². The highest BCUT2D eigenvalue weighted by molar-refractivity contribution is 6.19. The zero-order valence-corrected chi connectivity index (χ0v) is 21.0. The first kappa shape index (κ1) is 28.0. The second-order valence-corrected chi connectivity index (χ2v) is 7.80. The van der Waals surface area contributed by atoms with Crippen LogP contribution in [0.25, 0.3) is 5.57 Å². The van der Waals surface area contributed by atoms with Gasteiger partial charge in [0.2, 0.25) is 5.88 Å². The third kappa shape index (κ3) is 8.13. The molecule has 0 saturated carbocycles. The van der Waals surface area contributed by atoms with Crippen molar-refractivity contribution in [3.05, 3.63) is 66.5 Å². The first-order valence-corrected chi connectivity index (χ1v) is 11.5. The fourth-order valence-electron chi connectivity index (χ4n) is 3.15. The van der Waals surface area contributed by atoms with Crippen molar-refractivity contribution >= 4 is 17.2 Å². The van der Waals surface area contributed by atoms with Gasteiger partial charge in [-0.2, -0.15) is 0 Å². The molecular weight excluding hydrogens is 414 g/mol. The highest BCUT2D eigenvalue weighted by atomic mass is 16.5.